The van der Waals surface area contributed by atoms with Crippen molar-refractivity contribution in [3.05, 3.63) is 21.9 Å². The molecule has 0 aliphatic carbocycles. The van der Waals surface area contributed by atoms with E-state index in [1.807, 2.05) is 19.1 Å². The van der Waals surface area contributed by atoms with E-state index >= 15 is 0 Å². The van der Waals surface area contributed by atoms with Crippen molar-refractivity contribution in [3.63, 3.8) is 0 Å². The van der Waals surface area contributed by atoms with Crippen LogP contribution in [0.15, 0.2) is 12.1 Å². The van der Waals surface area contributed by atoms with Crippen LogP contribution in [0.1, 0.15) is 15.8 Å². The summed E-state index contributed by atoms with van der Waals surface area (Å²) in [4.78, 5) is 2.09. The average molecular weight is 219 g/mol. The van der Waals surface area contributed by atoms with Crippen LogP contribution in [0, 0.1) is 6.92 Å². The van der Waals surface area contributed by atoms with E-state index < -0.39 is 9.84 Å². The van der Waals surface area contributed by atoms with Crippen LogP contribution in [-0.2, 0) is 9.84 Å². The van der Waals surface area contributed by atoms with Gasteiger partial charge in [0.2, 0.25) is 0 Å². The first-order chi connectivity index (χ1) is 5.88. The van der Waals surface area contributed by atoms with E-state index in [9.17, 15) is 8.42 Å². The van der Waals surface area contributed by atoms with Gasteiger partial charge in [0.05, 0.1) is 11.8 Å². The van der Waals surface area contributed by atoms with Gasteiger partial charge >= 0.3 is 0 Å². The first-order valence-electron chi connectivity index (χ1n) is 3.88. The van der Waals surface area contributed by atoms with Gasteiger partial charge in [-0.3, -0.25) is 0 Å². The highest BCUT2D eigenvalue weighted by molar-refractivity contribution is 7.90. The maximum absolute atomic E-state index is 10.9. The van der Waals surface area contributed by atoms with E-state index in [2.05, 4.69) is 0 Å². The van der Waals surface area contributed by atoms with Crippen molar-refractivity contribution in [2.24, 2.45) is 5.73 Å². The zero-order valence-corrected chi connectivity index (χ0v) is 9.28. The molecule has 0 bridgehead atoms. The van der Waals surface area contributed by atoms with Gasteiger partial charge in [0, 0.05) is 16.0 Å². The largest absolute Gasteiger partial charge is 0.322 e. The molecule has 0 spiro atoms. The molecule has 1 aromatic rings. The Balaban J connectivity index is 2.75. The molecule has 13 heavy (non-hydrogen) atoms. The summed E-state index contributed by atoms with van der Waals surface area (Å²) in [6.07, 6.45) is 1.20. The maximum Gasteiger partial charge on any atom is 0.149 e. The van der Waals surface area contributed by atoms with Crippen molar-refractivity contribution >= 4 is 21.2 Å². The first-order valence-corrected chi connectivity index (χ1v) is 6.76. The third-order valence-electron chi connectivity index (χ3n) is 1.61. The number of thiophene rings is 1. The molecular weight excluding hydrogens is 206 g/mol. The second-order valence-electron chi connectivity index (χ2n) is 3.15. The monoisotopic (exact) mass is 219 g/mol. The highest BCUT2D eigenvalue weighted by atomic mass is 32.2. The lowest BCUT2D eigenvalue weighted by atomic mass is 10.3. The molecule has 0 radical (unpaired) electrons. The standard InChI is InChI=1S/C8H13NO2S2/c1-6-3-4-8(12-6)7(9)5-13(2,10)11/h3-4,7H,5,9H2,1-2H3/t7-/m0/s1. The van der Waals surface area contributed by atoms with Crippen molar-refractivity contribution in [1.82, 2.24) is 0 Å². The highest BCUT2D eigenvalue weighted by Gasteiger charge is 2.14. The van der Waals surface area contributed by atoms with E-state index in [1.165, 1.54) is 6.26 Å². The average Bonchev–Trinajstić information content (AvgIpc) is 2.31. The van der Waals surface area contributed by atoms with E-state index in [1.54, 1.807) is 11.3 Å². The zero-order valence-electron chi connectivity index (χ0n) is 7.65. The minimum Gasteiger partial charge on any atom is -0.322 e. The van der Waals surface area contributed by atoms with Gasteiger partial charge in [0.25, 0.3) is 0 Å². The lowest BCUT2D eigenvalue weighted by Crippen LogP contribution is -2.19. The fourth-order valence-electron chi connectivity index (χ4n) is 1.06. The van der Waals surface area contributed by atoms with Crippen LogP contribution in [0.4, 0.5) is 0 Å². The van der Waals surface area contributed by atoms with E-state index in [-0.39, 0.29) is 11.8 Å². The third kappa shape index (κ3) is 3.46. The summed E-state index contributed by atoms with van der Waals surface area (Å²) in [5.41, 5.74) is 5.73. The van der Waals surface area contributed by atoms with Crippen LogP contribution in [-0.4, -0.2) is 20.4 Å². The van der Waals surface area contributed by atoms with Crippen molar-refractivity contribution in [1.29, 1.82) is 0 Å². The minimum atomic E-state index is -2.98. The van der Waals surface area contributed by atoms with Crippen molar-refractivity contribution in [2.45, 2.75) is 13.0 Å². The van der Waals surface area contributed by atoms with Crippen LogP contribution in [0.3, 0.4) is 0 Å². The number of rotatable bonds is 3. The number of nitrogens with two attached hydrogens (primary N) is 1. The van der Waals surface area contributed by atoms with Gasteiger partial charge in [0.1, 0.15) is 9.84 Å². The predicted octanol–water partition coefficient (Wildman–Crippen LogP) is 1.10. The van der Waals surface area contributed by atoms with Crippen LogP contribution >= 0.6 is 11.3 Å². The Hall–Kier alpha value is -0.390. The molecule has 0 saturated heterocycles. The molecule has 2 N–H and O–H groups in total. The smallest absolute Gasteiger partial charge is 0.149 e. The van der Waals surface area contributed by atoms with Gasteiger partial charge in [0.15, 0.2) is 0 Å². The van der Waals surface area contributed by atoms with E-state index in [4.69, 9.17) is 5.73 Å². The maximum atomic E-state index is 10.9. The molecule has 0 saturated carbocycles. The van der Waals surface area contributed by atoms with Gasteiger partial charge in [-0.05, 0) is 19.1 Å². The molecule has 74 valence electrons. The molecule has 0 aromatic carbocycles. The highest BCUT2D eigenvalue weighted by Crippen LogP contribution is 2.21. The Labute approximate surface area is 82.5 Å². The SMILES string of the molecule is Cc1ccc([C@@H](N)CS(C)(=O)=O)s1. The molecule has 3 nitrogen and oxygen atoms in total. The van der Waals surface area contributed by atoms with Crippen molar-refractivity contribution in [2.75, 3.05) is 12.0 Å². The fourth-order valence-corrected chi connectivity index (χ4v) is 2.88. The van der Waals surface area contributed by atoms with Gasteiger partial charge in [-0.25, -0.2) is 8.42 Å². The lowest BCUT2D eigenvalue weighted by Gasteiger charge is -2.06. The summed E-state index contributed by atoms with van der Waals surface area (Å²) >= 11 is 1.55. The molecular formula is C8H13NO2S2. The number of aryl methyl sites for hydroxylation is 1. The summed E-state index contributed by atoms with van der Waals surface area (Å²) in [6.45, 7) is 1.97. The number of sulfone groups is 1. The predicted molar refractivity (Wildman–Crippen MR) is 55.7 cm³/mol. The molecule has 5 heteroatoms. The molecule has 0 fully saturated rings. The van der Waals surface area contributed by atoms with Crippen LogP contribution in [0.2, 0.25) is 0 Å². The lowest BCUT2D eigenvalue weighted by molar-refractivity contribution is 0.595. The molecule has 1 aromatic heterocycles. The van der Waals surface area contributed by atoms with Crippen LogP contribution in [0.25, 0.3) is 0 Å². The second kappa shape index (κ2) is 3.77. The van der Waals surface area contributed by atoms with Crippen LogP contribution in [0.5, 0.6) is 0 Å². The molecule has 1 rings (SSSR count). The molecule has 0 aliphatic rings. The van der Waals surface area contributed by atoms with Crippen LogP contribution < -0.4 is 5.73 Å². The Morgan fingerprint density at radius 2 is 2.15 bits per heavy atom. The first kappa shape index (κ1) is 10.7. The topological polar surface area (TPSA) is 60.2 Å². The van der Waals surface area contributed by atoms with E-state index in [0.29, 0.717) is 0 Å². The Kier molecular flexibility index (Phi) is 3.10. The molecule has 1 atom stereocenters. The summed E-state index contributed by atoms with van der Waals surface area (Å²) in [7, 11) is -2.98. The second-order valence-corrected chi connectivity index (χ2v) is 6.65. The summed E-state index contributed by atoms with van der Waals surface area (Å²) in [5, 5.41) is 0. The zero-order chi connectivity index (χ0) is 10.1. The fraction of sp³-hybridized carbons (Fsp3) is 0.500. The van der Waals surface area contributed by atoms with Gasteiger partial charge in [-0.2, -0.15) is 0 Å². The van der Waals surface area contributed by atoms with Crippen molar-refractivity contribution < 1.29 is 8.42 Å². The number of hydrogen-bond acceptors (Lipinski definition) is 4. The molecule has 1 heterocycles. The summed E-state index contributed by atoms with van der Waals surface area (Å²) < 4.78 is 21.9. The Morgan fingerprint density at radius 3 is 2.54 bits per heavy atom. The quantitative estimate of drug-likeness (QED) is 0.828. The van der Waals surface area contributed by atoms with Gasteiger partial charge in [-0.1, -0.05) is 0 Å². The van der Waals surface area contributed by atoms with Crippen molar-refractivity contribution in [3.8, 4) is 0 Å². The molecule has 0 aliphatic heterocycles. The Bertz CT molecular complexity index is 381. The number of hydrogen-bond donors (Lipinski definition) is 1. The van der Waals surface area contributed by atoms with Gasteiger partial charge in [-0.15, -0.1) is 11.3 Å². The normalized spacial score (nSPS) is 14.4. The van der Waals surface area contributed by atoms with Gasteiger partial charge < -0.3 is 5.73 Å². The molecule has 0 amide bonds. The third-order valence-corrected chi connectivity index (χ3v) is 3.71. The minimum absolute atomic E-state index is 0.0208. The summed E-state index contributed by atoms with van der Waals surface area (Å²) in [5.74, 6) is 0.0208. The van der Waals surface area contributed by atoms with E-state index in [0.717, 1.165) is 9.75 Å². The Morgan fingerprint density at radius 1 is 1.54 bits per heavy atom. The summed E-state index contributed by atoms with van der Waals surface area (Å²) in [6, 6.07) is 3.45. The molecule has 0 unspecified atom stereocenters.